The summed E-state index contributed by atoms with van der Waals surface area (Å²) in [5.74, 6) is -1.74. The number of carboxylic acid groups (broad SMARTS) is 1. The number of benzene rings is 1. The van der Waals surface area contributed by atoms with Gasteiger partial charge in [-0.2, -0.15) is 0 Å². The quantitative estimate of drug-likeness (QED) is 0.729. The Kier molecular flexibility index (Phi) is 10.4. The van der Waals surface area contributed by atoms with Gasteiger partial charge in [-0.05, 0) is 44.8 Å². The fraction of sp³-hybridized carbons (Fsp3) is 0.250. The molecule has 7 heteroatoms. The van der Waals surface area contributed by atoms with Crippen LogP contribution in [0.2, 0.25) is 0 Å². The van der Waals surface area contributed by atoms with Crippen LogP contribution < -0.4 is 0 Å². The standard InChI is InChI=1S/C16H20N2.C4H3ClO4/c1-18(2)13-11-15(14-8-4-3-5-9-14)16-10-6-7-12-17-16;5-9-4(8)2-1-3(6)7/h3-10,12,15H,11,13H2,1-2H3;1-2H,(H,6,7)/b;2-1-. The Morgan fingerprint density at radius 3 is 2.33 bits per heavy atom. The Labute approximate surface area is 164 Å². The number of carboxylic acids is 1. The van der Waals surface area contributed by atoms with Crippen LogP contribution in [0.1, 0.15) is 23.6 Å². The van der Waals surface area contributed by atoms with Crippen LogP contribution in [0.15, 0.2) is 66.9 Å². The van der Waals surface area contributed by atoms with Crippen molar-refractivity contribution in [1.29, 1.82) is 0 Å². The van der Waals surface area contributed by atoms with Crippen LogP contribution in [0.25, 0.3) is 0 Å². The molecule has 0 saturated heterocycles. The summed E-state index contributed by atoms with van der Waals surface area (Å²) >= 11 is 4.54. The van der Waals surface area contributed by atoms with Crippen molar-refractivity contribution in [1.82, 2.24) is 9.88 Å². The minimum atomic E-state index is -1.22. The van der Waals surface area contributed by atoms with E-state index in [1.54, 1.807) is 0 Å². The number of halogens is 1. The van der Waals surface area contributed by atoms with Crippen LogP contribution in [0.5, 0.6) is 0 Å². The topological polar surface area (TPSA) is 79.7 Å². The maximum atomic E-state index is 10.0. The number of nitrogens with zero attached hydrogens (tertiary/aromatic N) is 2. The molecule has 27 heavy (non-hydrogen) atoms. The number of aromatic nitrogens is 1. The predicted molar refractivity (Wildman–Crippen MR) is 104 cm³/mol. The normalized spacial score (nSPS) is 11.6. The van der Waals surface area contributed by atoms with Gasteiger partial charge in [-0.25, -0.2) is 9.59 Å². The van der Waals surface area contributed by atoms with Crippen LogP contribution in [-0.2, 0) is 13.9 Å². The molecule has 2 rings (SSSR count). The molecule has 0 amide bonds. The van der Waals surface area contributed by atoms with E-state index in [0.29, 0.717) is 18.1 Å². The smallest absolute Gasteiger partial charge is 0.349 e. The van der Waals surface area contributed by atoms with Crippen molar-refractivity contribution < 1.29 is 19.0 Å². The molecule has 1 aromatic heterocycles. The third kappa shape index (κ3) is 9.53. The Hall–Kier alpha value is -2.70. The molecule has 1 atom stereocenters. The number of carbonyl (C=O) groups excluding carboxylic acids is 1. The molecule has 144 valence electrons. The molecule has 0 aliphatic rings. The molecule has 0 radical (unpaired) electrons. The molecular weight excluding hydrogens is 368 g/mol. The van der Waals surface area contributed by atoms with E-state index >= 15 is 0 Å². The maximum Gasteiger partial charge on any atom is 0.349 e. The fourth-order valence-corrected chi connectivity index (χ4v) is 2.36. The lowest BCUT2D eigenvalue weighted by Crippen LogP contribution is -2.17. The molecule has 1 heterocycles. The number of hydrogen-bond acceptors (Lipinski definition) is 5. The monoisotopic (exact) mass is 390 g/mol. The van der Waals surface area contributed by atoms with Gasteiger partial charge in [-0.3, -0.25) is 4.98 Å². The van der Waals surface area contributed by atoms with E-state index in [4.69, 9.17) is 5.11 Å². The van der Waals surface area contributed by atoms with Crippen molar-refractivity contribution in [3.8, 4) is 0 Å². The summed E-state index contributed by atoms with van der Waals surface area (Å²) in [5, 5.41) is 7.92. The molecule has 1 aromatic carbocycles. The van der Waals surface area contributed by atoms with Crippen LogP contribution in [0, 0.1) is 0 Å². The van der Waals surface area contributed by atoms with Gasteiger partial charge in [0.25, 0.3) is 0 Å². The maximum absolute atomic E-state index is 10.0. The molecule has 1 N–H and O–H groups in total. The van der Waals surface area contributed by atoms with Gasteiger partial charge < -0.3 is 14.3 Å². The summed E-state index contributed by atoms with van der Waals surface area (Å²) in [6.45, 7) is 1.07. The minimum Gasteiger partial charge on any atom is -0.478 e. The average molecular weight is 391 g/mol. The largest absolute Gasteiger partial charge is 0.478 e. The van der Waals surface area contributed by atoms with Gasteiger partial charge in [0.2, 0.25) is 0 Å². The van der Waals surface area contributed by atoms with Gasteiger partial charge >= 0.3 is 11.9 Å². The zero-order valence-electron chi connectivity index (χ0n) is 15.3. The molecule has 0 fully saturated rings. The third-order valence-corrected chi connectivity index (χ3v) is 3.70. The number of carbonyl (C=O) groups is 2. The highest BCUT2D eigenvalue weighted by Gasteiger charge is 2.14. The first-order chi connectivity index (χ1) is 12.9. The zero-order valence-corrected chi connectivity index (χ0v) is 16.0. The lowest BCUT2D eigenvalue weighted by atomic mass is 9.92. The summed E-state index contributed by atoms with van der Waals surface area (Å²) in [6, 6.07) is 16.8. The first kappa shape index (κ1) is 22.3. The first-order valence-corrected chi connectivity index (χ1v) is 8.59. The highest BCUT2D eigenvalue weighted by atomic mass is 35.5. The summed E-state index contributed by atoms with van der Waals surface area (Å²) < 4.78 is 3.58. The fourth-order valence-electron chi connectivity index (χ4n) is 2.31. The van der Waals surface area contributed by atoms with Crippen molar-refractivity contribution in [3.63, 3.8) is 0 Å². The molecule has 1 unspecified atom stereocenters. The lowest BCUT2D eigenvalue weighted by molar-refractivity contribution is -0.133. The SMILES string of the molecule is CN(C)CCC(c1ccccc1)c1ccccn1.O=C(O)/C=C\C(=O)OCl. The summed E-state index contributed by atoms with van der Waals surface area (Å²) in [5.41, 5.74) is 2.50. The molecule has 6 nitrogen and oxygen atoms in total. The van der Waals surface area contributed by atoms with Gasteiger partial charge in [0, 0.05) is 30.0 Å². The van der Waals surface area contributed by atoms with E-state index in [0.717, 1.165) is 18.7 Å². The Balaban J connectivity index is 0.000000345. The van der Waals surface area contributed by atoms with E-state index in [9.17, 15) is 9.59 Å². The molecule has 2 aromatic rings. The molecule has 0 aliphatic carbocycles. The highest BCUT2D eigenvalue weighted by molar-refractivity contribution is 6.15. The van der Waals surface area contributed by atoms with Gasteiger partial charge in [-0.1, -0.05) is 36.4 Å². The van der Waals surface area contributed by atoms with Crippen molar-refractivity contribution in [2.45, 2.75) is 12.3 Å². The van der Waals surface area contributed by atoms with Crippen LogP contribution in [-0.4, -0.2) is 47.6 Å². The highest BCUT2D eigenvalue weighted by Crippen LogP contribution is 2.26. The van der Waals surface area contributed by atoms with Crippen molar-refractivity contribution >= 4 is 23.8 Å². The number of hydrogen-bond donors (Lipinski definition) is 1. The second-order valence-corrected chi connectivity index (χ2v) is 6.03. The number of rotatable bonds is 7. The van der Waals surface area contributed by atoms with Crippen molar-refractivity contribution in [3.05, 3.63) is 78.1 Å². The van der Waals surface area contributed by atoms with E-state index in [1.807, 2.05) is 12.3 Å². The molecule has 0 aliphatic heterocycles. The van der Waals surface area contributed by atoms with Crippen molar-refractivity contribution in [2.24, 2.45) is 0 Å². The number of pyridine rings is 1. The predicted octanol–water partition coefficient (Wildman–Crippen LogP) is 3.49. The molecule has 0 bridgehead atoms. The van der Waals surface area contributed by atoms with Gasteiger partial charge in [0.15, 0.2) is 0 Å². The Morgan fingerprint density at radius 2 is 1.81 bits per heavy atom. The summed E-state index contributed by atoms with van der Waals surface area (Å²) in [4.78, 5) is 26.4. The lowest BCUT2D eigenvalue weighted by Gasteiger charge is -2.19. The minimum absolute atomic E-state index is 0.384. The Bertz CT molecular complexity index is 682. The van der Waals surface area contributed by atoms with E-state index < -0.39 is 11.9 Å². The summed E-state index contributed by atoms with van der Waals surface area (Å²) in [6.07, 6.45) is 4.30. The van der Waals surface area contributed by atoms with Crippen LogP contribution in [0.3, 0.4) is 0 Å². The Morgan fingerprint density at radius 1 is 1.15 bits per heavy atom. The summed E-state index contributed by atoms with van der Waals surface area (Å²) in [7, 11) is 4.22. The van der Waals surface area contributed by atoms with Gasteiger partial charge in [0.1, 0.15) is 11.9 Å². The second kappa shape index (κ2) is 12.6. The molecule has 0 saturated carbocycles. The zero-order chi connectivity index (χ0) is 20.1. The first-order valence-electron chi connectivity index (χ1n) is 8.28. The molecular formula is C20H23ClN2O4. The van der Waals surface area contributed by atoms with E-state index in [-0.39, 0.29) is 0 Å². The number of aliphatic carboxylic acids is 1. The average Bonchev–Trinajstić information content (AvgIpc) is 2.68. The third-order valence-electron chi connectivity index (χ3n) is 3.55. The second-order valence-electron chi connectivity index (χ2n) is 5.88. The van der Waals surface area contributed by atoms with E-state index in [1.165, 1.54) is 5.56 Å². The van der Waals surface area contributed by atoms with Crippen molar-refractivity contribution in [2.75, 3.05) is 20.6 Å². The van der Waals surface area contributed by atoms with Gasteiger partial charge in [0.05, 0.1) is 0 Å². The molecule has 0 spiro atoms. The van der Waals surface area contributed by atoms with Gasteiger partial charge in [-0.15, -0.1) is 0 Å². The van der Waals surface area contributed by atoms with Crippen LogP contribution in [0.4, 0.5) is 0 Å². The van der Waals surface area contributed by atoms with Crippen LogP contribution >= 0.6 is 11.9 Å². The van der Waals surface area contributed by atoms with E-state index in [2.05, 4.69) is 82.6 Å².